The van der Waals surface area contributed by atoms with Gasteiger partial charge < -0.3 is 5.32 Å². The van der Waals surface area contributed by atoms with Crippen LogP contribution in [0.25, 0.3) is 0 Å². The van der Waals surface area contributed by atoms with E-state index in [4.69, 9.17) is 0 Å². The second-order valence-electron chi connectivity index (χ2n) is 4.68. The summed E-state index contributed by atoms with van der Waals surface area (Å²) >= 11 is 2.11. The number of hydrogen-bond donors (Lipinski definition) is 1. The van der Waals surface area contributed by atoms with E-state index in [9.17, 15) is 14.9 Å². The summed E-state index contributed by atoms with van der Waals surface area (Å²) in [6.45, 7) is 3.65. The number of anilines is 1. The molecule has 0 saturated heterocycles. The van der Waals surface area contributed by atoms with E-state index in [1.54, 1.807) is 31.2 Å². The lowest BCUT2D eigenvalue weighted by Gasteiger charge is -2.09. The Hall–Kier alpha value is -1.96. The Morgan fingerprint density at radius 2 is 1.86 bits per heavy atom. The molecule has 2 aromatic rings. The van der Waals surface area contributed by atoms with E-state index in [2.05, 4.69) is 27.9 Å². The second-order valence-corrected chi connectivity index (χ2v) is 5.92. The van der Waals surface area contributed by atoms with E-state index in [-0.39, 0.29) is 17.3 Å². The van der Waals surface area contributed by atoms with E-state index in [0.717, 1.165) is 14.7 Å². The predicted molar refractivity (Wildman–Crippen MR) is 89.7 cm³/mol. The number of nitro groups is 1. The fraction of sp³-hybridized carbons (Fsp3) is 0.133. The summed E-state index contributed by atoms with van der Waals surface area (Å²) in [7, 11) is 0. The van der Waals surface area contributed by atoms with Crippen molar-refractivity contribution in [1.82, 2.24) is 0 Å². The molecule has 2 aromatic carbocycles. The van der Waals surface area contributed by atoms with Gasteiger partial charge in [-0.3, -0.25) is 14.9 Å². The van der Waals surface area contributed by atoms with Crippen LogP contribution in [-0.2, 0) is 0 Å². The summed E-state index contributed by atoms with van der Waals surface area (Å²) in [4.78, 5) is 22.8. The molecule has 1 amide bonds. The van der Waals surface area contributed by atoms with Gasteiger partial charge in [-0.2, -0.15) is 0 Å². The summed E-state index contributed by atoms with van der Waals surface area (Å²) in [5.41, 5.74) is 2.28. The maximum atomic E-state index is 12.2. The Morgan fingerprint density at radius 3 is 2.48 bits per heavy atom. The zero-order chi connectivity index (χ0) is 15.6. The molecule has 0 heterocycles. The number of hydrogen-bond acceptors (Lipinski definition) is 3. The predicted octanol–water partition coefficient (Wildman–Crippen LogP) is 4.07. The normalized spacial score (nSPS) is 10.2. The fourth-order valence-electron chi connectivity index (χ4n) is 1.88. The van der Waals surface area contributed by atoms with Gasteiger partial charge in [0.1, 0.15) is 5.69 Å². The molecule has 108 valence electrons. The van der Waals surface area contributed by atoms with E-state index in [1.165, 1.54) is 6.07 Å². The van der Waals surface area contributed by atoms with Crippen LogP contribution in [0.5, 0.6) is 0 Å². The van der Waals surface area contributed by atoms with Gasteiger partial charge in [-0.05, 0) is 71.8 Å². The monoisotopic (exact) mass is 396 g/mol. The first-order valence-corrected chi connectivity index (χ1v) is 7.29. The molecule has 0 radical (unpaired) electrons. The van der Waals surface area contributed by atoms with Crippen molar-refractivity contribution < 1.29 is 9.72 Å². The summed E-state index contributed by atoms with van der Waals surface area (Å²) < 4.78 is 0.926. The van der Waals surface area contributed by atoms with Crippen molar-refractivity contribution in [2.45, 2.75) is 13.8 Å². The van der Waals surface area contributed by atoms with Crippen LogP contribution in [0.4, 0.5) is 11.4 Å². The third-order valence-corrected chi connectivity index (χ3v) is 3.81. The molecule has 5 nitrogen and oxygen atoms in total. The summed E-state index contributed by atoms with van der Waals surface area (Å²) in [5.74, 6) is -0.361. The first-order chi connectivity index (χ1) is 9.88. The van der Waals surface area contributed by atoms with Crippen molar-refractivity contribution in [2.24, 2.45) is 0 Å². The molecule has 1 N–H and O–H groups in total. The van der Waals surface area contributed by atoms with Crippen molar-refractivity contribution in [1.29, 1.82) is 0 Å². The van der Waals surface area contributed by atoms with E-state index >= 15 is 0 Å². The number of benzene rings is 2. The number of nitro benzene ring substituents is 1. The first kappa shape index (κ1) is 15.4. The van der Waals surface area contributed by atoms with Gasteiger partial charge in [0.15, 0.2) is 0 Å². The minimum absolute atomic E-state index is 0.0999. The van der Waals surface area contributed by atoms with Crippen LogP contribution in [0.2, 0.25) is 0 Å². The smallest absolute Gasteiger partial charge is 0.293 e. The van der Waals surface area contributed by atoms with Crippen LogP contribution < -0.4 is 5.32 Å². The van der Waals surface area contributed by atoms with Gasteiger partial charge in [-0.15, -0.1) is 0 Å². The molecule has 0 atom stereocenters. The molecule has 2 rings (SSSR count). The highest BCUT2D eigenvalue weighted by Gasteiger charge is 2.18. The molecule has 6 heteroatoms. The molecule has 0 unspecified atom stereocenters. The standard InChI is InChI=1S/C15H13IN2O3/c1-9-6-13(14(18(20)21)7-10(9)2)17-15(19)11-4-3-5-12(16)8-11/h3-8H,1-2H3,(H,17,19). The largest absolute Gasteiger partial charge is 0.316 e. The molecular formula is C15H13IN2O3. The van der Waals surface area contributed by atoms with Gasteiger partial charge >= 0.3 is 0 Å². The maximum absolute atomic E-state index is 12.2. The third kappa shape index (κ3) is 3.57. The van der Waals surface area contributed by atoms with Gasteiger partial charge in [0.2, 0.25) is 0 Å². The lowest BCUT2D eigenvalue weighted by molar-refractivity contribution is -0.384. The molecule has 21 heavy (non-hydrogen) atoms. The Balaban J connectivity index is 2.37. The van der Waals surface area contributed by atoms with Crippen LogP contribution >= 0.6 is 22.6 Å². The first-order valence-electron chi connectivity index (χ1n) is 6.21. The number of nitrogens with one attached hydrogen (secondary N) is 1. The number of carbonyl (C=O) groups is 1. The van der Waals surface area contributed by atoms with Gasteiger partial charge in [-0.1, -0.05) is 6.07 Å². The molecule has 0 aliphatic heterocycles. The van der Waals surface area contributed by atoms with Crippen LogP contribution in [0.3, 0.4) is 0 Å². The summed E-state index contributed by atoms with van der Waals surface area (Å²) in [6, 6.07) is 10.1. The number of halogens is 1. The molecule has 0 aliphatic carbocycles. The average molecular weight is 396 g/mol. The molecular weight excluding hydrogens is 383 g/mol. The van der Waals surface area contributed by atoms with E-state index < -0.39 is 4.92 Å². The molecule has 0 saturated carbocycles. The lowest BCUT2D eigenvalue weighted by Crippen LogP contribution is -2.13. The zero-order valence-electron chi connectivity index (χ0n) is 11.5. The Morgan fingerprint density at radius 1 is 1.19 bits per heavy atom. The van der Waals surface area contributed by atoms with Gasteiger partial charge in [0.05, 0.1) is 4.92 Å². The van der Waals surface area contributed by atoms with E-state index in [0.29, 0.717) is 5.56 Å². The number of amides is 1. The van der Waals surface area contributed by atoms with Crippen LogP contribution in [-0.4, -0.2) is 10.8 Å². The molecule has 0 aliphatic rings. The lowest BCUT2D eigenvalue weighted by atomic mass is 10.1. The Kier molecular flexibility index (Phi) is 4.56. The number of rotatable bonds is 3. The van der Waals surface area contributed by atoms with Gasteiger partial charge in [-0.25, -0.2) is 0 Å². The highest BCUT2D eigenvalue weighted by Crippen LogP contribution is 2.28. The zero-order valence-corrected chi connectivity index (χ0v) is 13.7. The summed E-state index contributed by atoms with van der Waals surface area (Å²) in [5, 5.41) is 13.7. The Labute approximate surface area is 135 Å². The molecule has 0 spiro atoms. The molecule has 0 aromatic heterocycles. The third-order valence-electron chi connectivity index (χ3n) is 3.14. The van der Waals surface area contributed by atoms with Crippen molar-refractivity contribution in [2.75, 3.05) is 5.32 Å². The van der Waals surface area contributed by atoms with Crippen molar-refractivity contribution in [3.8, 4) is 0 Å². The maximum Gasteiger partial charge on any atom is 0.293 e. The topological polar surface area (TPSA) is 72.2 Å². The van der Waals surface area contributed by atoms with E-state index in [1.807, 2.05) is 13.0 Å². The Bertz CT molecular complexity index is 729. The van der Waals surface area contributed by atoms with Crippen molar-refractivity contribution >= 4 is 39.9 Å². The van der Waals surface area contributed by atoms with Crippen molar-refractivity contribution in [3.05, 3.63) is 66.8 Å². The minimum Gasteiger partial charge on any atom is -0.316 e. The fourth-order valence-corrected chi connectivity index (χ4v) is 2.42. The SMILES string of the molecule is Cc1cc(NC(=O)c2cccc(I)c2)c([N+](=O)[O-])cc1C. The van der Waals surface area contributed by atoms with Gasteiger partial charge in [0.25, 0.3) is 11.6 Å². The highest BCUT2D eigenvalue weighted by molar-refractivity contribution is 14.1. The number of carbonyl (C=O) groups excluding carboxylic acids is 1. The number of aryl methyl sites for hydroxylation is 2. The van der Waals surface area contributed by atoms with Crippen LogP contribution in [0.1, 0.15) is 21.5 Å². The van der Waals surface area contributed by atoms with Gasteiger partial charge in [0, 0.05) is 15.2 Å². The minimum atomic E-state index is -0.489. The van der Waals surface area contributed by atoms with Crippen LogP contribution in [0, 0.1) is 27.5 Å². The highest BCUT2D eigenvalue weighted by atomic mass is 127. The van der Waals surface area contributed by atoms with Crippen molar-refractivity contribution in [3.63, 3.8) is 0 Å². The number of nitrogens with zero attached hydrogens (tertiary/aromatic N) is 1. The molecule has 0 fully saturated rings. The molecule has 0 bridgehead atoms. The quantitative estimate of drug-likeness (QED) is 0.483. The second kappa shape index (κ2) is 6.21. The summed E-state index contributed by atoms with van der Waals surface area (Å²) in [6.07, 6.45) is 0. The van der Waals surface area contributed by atoms with Crippen LogP contribution in [0.15, 0.2) is 36.4 Å². The average Bonchev–Trinajstić information content (AvgIpc) is 2.42.